The van der Waals surface area contributed by atoms with Crippen molar-refractivity contribution in [3.8, 4) is 12.3 Å². The van der Waals surface area contributed by atoms with E-state index in [0.29, 0.717) is 12.3 Å². The number of hydrogen-bond acceptors (Lipinski definition) is 1. The lowest BCUT2D eigenvalue weighted by Crippen LogP contribution is -2.24. The van der Waals surface area contributed by atoms with Crippen LogP contribution in [-0.2, 0) is 4.74 Å². The van der Waals surface area contributed by atoms with Crippen LogP contribution in [0.2, 0.25) is 0 Å². The van der Waals surface area contributed by atoms with Crippen LogP contribution in [-0.4, -0.2) is 12.2 Å². The first-order valence-electron chi connectivity index (χ1n) is 4.55. The third-order valence-corrected chi connectivity index (χ3v) is 1.72. The van der Waals surface area contributed by atoms with E-state index in [1.165, 1.54) is 0 Å². The van der Waals surface area contributed by atoms with Crippen molar-refractivity contribution in [2.75, 3.05) is 6.61 Å². The van der Waals surface area contributed by atoms with Crippen molar-refractivity contribution < 1.29 is 4.74 Å². The van der Waals surface area contributed by atoms with Gasteiger partial charge in [0.1, 0.15) is 0 Å². The van der Waals surface area contributed by atoms with Gasteiger partial charge in [-0.05, 0) is 26.2 Å². The Kier molecular flexibility index (Phi) is 5.01. The lowest BCUT2D eigenvalue weighted by molar-refractivity contribution is -0.0180. The molecule has 0 saturated heterocycles. The normalized spacial score (nSPS) is 11.7. The maximum Gasteiger partial charge on any atom is 0.0735 e. The monoisotopic (exact) mass is 168 g/mol. The van der Waals surface area contributed by atoms with Gasteiger partial charge < -0.3 is 4.74 Å². The zero-order valence-corrected chi connectivity index (χ0v) is 8.68. The first-order valence-corrected chi connectivity index (χ1v) is 4.55. The topological polar surface area (TPSA) is 9.23 Å². The number of ether oxygens (including phenoxy) is 1. The van der Waals surface area contributed by atoms with Crippen molar-refractivity contribution >= 4 is 0 Å². The molecule has 0 unspecified atom stereocenters. The Morgan fingerprint density at radius 1 is 1.42 bits per heavy atom. The summed E-state index contributed by atoms with van der Waals surface area (Å²) >= 11 is 0. The van der Waals surface area contributed by atoms with E-state index in [9.17, 15) is 0 Å². The van der Waals surface area contributed by atoms with Crippen molar-refractivity contribution in [2.45, 2.75) is 46.1 Å². The van der Waals surface area contributed by atoms with Gasteiger partial charge in [0.05, 0.1) is 5.60 Å². The van der Waals surface area contributed by atoms with Gasteiger partial charge in [-0.15, -0.1) is 12.3 Å². The van der Waals surface area contributed by atoms with Crippen LogP contribution >= 0.6 is 0 Å². The average Bonchev–Trinajstić information content (AvgIpc) is 1.85. The Labute approximate surface area is 76.5 Å². The zero-order valence-electron chi connectivity index (χ0n) is 8.68. The van der Waals surface area contributed by atoms with Crippen LogP contribution in [0, 0.1) is 18.3 Å². The molecule has 0 aromatic rings. The van der Waals surface area contributed by atoms with Gasteiger partial charge in [-0.25, -0.2) is 0 Å². The molecule has 70 valence electrons. The minimum absolute atomic E-state index is 0.149. The molecule has 0 aromatic heterocycles. The molecule has 12 heavy (non-hydrogen) atoms. The van der Waals surface area contributed by atoms with Crippen molar-refractivity contribution in [1.29, 1.82) is 0 Å². The highest BCUT2D eigenvalue weighted by Gasteiger charge is 2.16. The number of terminal acetylenes is 1. The van der Waals surface area contributed by atoms with Crippen LogP contribution in [0.3, 0.4) is 0 Å². The molecule has 0 fully saturated rings. The second-order valence-electron chi connectivity index (χ2n) is 4.17. The molecule has 0 saturated carbocycles. The Morgan fingerprint density at radius 2 is 2.00 bits per heavy atom. The Bertz CT molecular complexity index is 151. The summed E-state index contributed by atoms with van der Waals surface area (Å²) in [4.78, 5) is 0. The Hall–Kier alpha value is -0.480. The van der Waals surface area contributed by atoms with Gasteiger partial charge in [-0.2, -0.15) is 0 Å². The van der Waals surface area contributed by atoms with E-state index in [4.69, 9.17) is 11.2 Å². The van der Waals surface area contributed by atoms with E-state index in [1.807, 2.05) is 13.8 Å². The fraction of sp³-hybridized carbons (Fsp3) is 0.818. The maximum atomic E-state index is 5.64. The minimum Gasteiger partial charge on any atom is -0.375 e. The van der Waals surface area contributed by atoms with Gasteiger partial charge in [-0.3, -0.25) is 0 Å². The summed E-state index contributed by atoms with van der Waals surface area (Å²) in [5.74, 6) is 3.32. The van der Waals surface area contributed by atoms with Crippen molar-refractivity contribution in [2.24, 2.45) is 5.92 Å². The highest BCUT2D eigenvalue weighted by Crippen LogP contribution is 2.14. The van der Waals surface area contributed by atoms with E-state index in [1.54, 1.807) is 0 Å². The van der Waals surface area contributed by atoms with Crippen LogP contribution in [0.4, 0.5) is 0 Å². The molecule has 0 radical (unpaired) electrons. The molecule has 0 spiro atoms. The smallest absolute Gasteiger partial charge is 0.0735 e. The average molecular weight is 168 g/mol. The van der Waals surface area contributed by atoms with Crippen molar-refractivity contribution in [3.63, 3.8) is 0 Å². The lowest BCUT2D eigenvalue weighted by atomic mass is 10.1. The Balaban J connectivity index is 3.55. The van der Waals surface area contributed by atoms with Crippen LogP contribution in [0.15, 0.2) is 0 Å². The van der Waals surface area contributed by atoms with Gasteiger partial charge in [-0.1, -0.05) is 13.8 Å². The molecular weight excluding hydrogens is 148 g/mol. The summed E-state index contributed by atoms with van der Waals surface area (Å²) in [5, 5.41) is 0. The van der Waals surface area contributed by atoms with Gasteiger partial charge >= 0.3 is 0 Å². The SMILES string of the molecule is C#CCC(C)(C)OCCC(C)C. The molecule has 0 aliphatic rings. The molecule has 0 aliphatic heterocycles. The van der Waals surface area contributed by atoms with Gasteiger partial charge in [0.25, 0.3) is 0 Å². The lowest BCUT2D eigenvalue weighted by Gasteiger charge is -2.23. The molecule has 0 heterocycles. The van der Waals surface area contributed by atoms with Crippen LogP contribution in [0.5, 0.6) is 0 Å². The van der Waals surface area contributed by atoms with Crippen molar-refractivity contribution in [1.82, 2.24) is 0 Å². The number of hydrogen-bond donors (Lipinski definition) is 0. The summed E-state index contributed by atoms with van der Waals surface area (Å²) < 4.78 is 5.64. The molecule has 0 bridgehead atoms. The molecule has 0 aliphatic carbocycles. The molecule has 0 amide bonds. The van der Waals surface area contributed by atoms with Gasteiger partial charge in [0, 0.05) is 13.0 Å². The van der Waals surface area contributed by atoms with Gasteiger partial charge in [0.15, 0.2) is 0 Å². The minimum atomic E-state index is -0.149. The third kappa shape index (κ3) is 6.24. The molecule has 0 aromatic carbocycles. The standard InChI is InChI=1S/C11H20O/c1-6-8-11(4,5)12-9-7-10(2)3/h1,10H,7-9H2,2-5H3. The number of rotatable bonds is 5. The molecular formula is C11H20O. The van der Waals surface area contributed by atoms with E-state index < -0.39 is 0 Å². The summed E-state index contributed by atoms with van der Waals surface area (Å²) in [6.07, 6.45) is 7.01. The second-order valence-corrected chi connectivity index (χ2v) is 4.17. The highest BCUT2D eigenvalue weighted by molar-refractivity contribution is 4.91. The predicted octanol–water partition coefficient (Wildman–Crippen LogP) is 2.85. The largest absolute Gasteiger partial charge is 0.375 e. The summed E-state index contributed by atoms with van der Waals surface area (Å²) in [6, 6.07) is 0. The quantitative estimate of drug-likeness (QED) is 0.574. The van der Waals surface area contributed by atoms with Crippen LogP contribution < -0.4 is 0 Å². The molecule has 0 rings (SSSR count). The summed E-state index contributed by atoms with van der Waals surface area (Å²) in [6.45, 7) is 9.27. The fourth-order valence-electron chi connectivity index (χ4n) is 0.868. The van der Waals surface area contributed by atoms with Gasteiger partial charge in [0.2, 0.25) is 0 Å². The summed E-state index contributed by atoms with van der Waals surface area (Å²) in [7, 11) is 0. The van der Waals surface area contributed by atoms with Crippen LogP contribution in [0.1, 0.15) is 40.5 Å². The highest BCUT2D eigenvalue weighted by atomic mass is 16.5. The van der Waals surface area contributed by atoms with E-state index in [-0.39, 0.29) is 5.60 Å². The third-order valence-electron chi connectivity index (χ3n) is 1.72. The molecule has 1 heteroatoms. The zero-order chi connectivity index (χ0) is 9.61. The van der Waals surface area contributed by atoms with E-state index in [2.05, 4.69) is 19.8 Å². The van der Waals surface area contributed by atoms with Crippen molar-refractivity contribution in [3.05, 3.63) is 0 Å². The first kappa shape index (κ1) is 11.5. The van der Waals surface area contributed by atoms with E-state index in [0.717, 1.165) is 13.0 Å². The summed E-state index contributed by atoms with van der Waals surface area (Å²) in [5.41, 5.74) is -0.149. The predicted molar refractivity (Wildman–Crippen MR) is 52.9 cm³/mol. The molecule has 0 atom stereocenters. The fourth-order valence-corrected chi connectivity index (χ4v) is 0.868. The second kappa shape index (κ2) is 5.22. The molecule has 1 nitrogen and oxygen atoms in total. The first-order chi connectivity index (χ1) is 5.48. The molecule has 0 N–H and O–H groups in total. The maximum absolute atomic E-state index is 5.64. The van der Waals surface area contributed by atoms with E-state index >= 15 is 0 Å². The Morgan fingerprint density at radius 3 is 2.42 bits per heavy atom. The van der Waals surface area contributed by atoms with Crippen LogP contribution in [0.25, 0.3) is 0 Å².